The molecule has 0 spiro atoms. The van der Waals surface area contributed by atoms with Crippen molar-refractivity contribution in [3.05, 3.63) is 35.1 Å². The highest BCUT2D eigenvalue weighted by molar-refractivity contribution is 7.90. The predicted octanol–water partition coefficient (Wildman–Crippen LogP) is 2.85. The SMILES string of the molecule is CS(=O)(=O)CCCC(=O)c1cc(C(F)(F)F)ccc1F. The fraction of sp³-hybridized carbons (Fsp3) is 0.417. The average molecular weight is 312 g/mol. The van der Waals surface area contributed by atoms with Gasteiger partial charge in [-0.2, -0.15) is 13.2 Å². The molecular weight excluding hydrogens is 300 g/mol. The maximum atomic E-state index is 13.4. The van der Waals surface area contributed by atoms with Crippen molar-refractivity contribution < 1.29 is 30.8 Å². The Morgan fingerprint density at radius 1 is 1.25 bits per heavy atom. The molecule has 0 atom stereocenters. The van der Waals surface area contributed by atoms with Gasteiger partial charge in [0, 0.05) is 12.7 Å². The van der Waals surface area contributed by atoms with E-state index in [2.05, 4.69) is 0 Å². The molecule has 3 nitrogen and oxygen atoms in total. The van der Waals surface area contributed by atoms with Gasteiger partial charge in [0.2, 0.25) is 0 Å². The lowest BCUT2D eigenvalue weighted by atomic mass is 10.0. The molecule has 0 fully saturated rings. The molecule has 20 heavy (non-hydrogen) atoms. The molecule has 0 aliphatic rings. The van der Waals surface area contributed by atoms with Crippen LogP contribution in [0, 0.1) is 5.82 Å². The number of hydrogen-bond donors (Lipinski definition) is 0. The quantitative estimate of drug-likeness (QED) is 0.620. The van der Waals surface area contributed by atoms with Gasteiger partial charge in [0.25, 0.3) is 0 Å². The highest BCUT2D eigenvalue weighted by Gasteiger charge is 2.31. The Kier molecular flexibility index (Phi) is 4.90. The standard InChI is InChI=1S/C12H12F4O3S/c1-20(18,19)6-2-3-11(17)9-7-8(12(14,15)16)4-5-10(9)13/h4-5,7H,2-3,6H2,1H3. The summed E-state index contributed by atoms with van der Waals surface area (Å²) in [6, 6.07) is 1.56. The fourth-order valence-electron chi connectivity index (χ4n) is 1.54. The van der Waals surface area contributed by atoms with Gasteiger partial charge in [0.05, 0.1) is 16.9 Å². The van der Waals surface area contributed by atoms with Crippen molar-refractivity contribution >= 4 is 15.6 Å². The Morgan fingerprint density at radius 3 is 2.35 bits per heavy atom. The summed E-state index contributed by atoms with van der Waals surface area (Å²) in [5.41, 5.74) is -1.79. The minimum Gasteiger partial charge on any atom is -0.294 e. The van der Waals surface area contributed by atoms with Gasteiger partial charge in [0.15, 0.2) is 5.78 Å². The van der Waals surface area contributed by atoms with Crippen LogP contribution in [0.4, 0.5) is 17.6 Å². The van der Waals surface area contributed by atoms with Crippen molar-refractivity contribution in [2.24, 2.45) is 0 Å². The summed E-state index contributed by atoms with van der Waals surface area (Å²) < 4.78 is 72.5. The van der Waals surface area contributed by atoms with Crippen LogP contribution in [0.3, 0.4) is 0 Å². The zero-order valence-electron chi connectivity index (χ0n) is 10.5. The maximum Gasteiger partial charge on any atom is 0.416 e. The minimum atomic E-state index is -4.67. The Morgan fingerprint density at radius 2 is 1.85 bits per heavy atom. The lowest BCUT2D eigenvalue weighted by Crippen LogP contribution is -2.11. The Labute approximate surface area is 113 Å². The summed E-state index contributed by atoms with van der Waals surface area (Å²) in [6.45, 7) is 0. The van der Waals surface area contributed by atoms with Crippen LogP contribution in [0.25, 0.3) is 0 Å². The van der Waals surface area contributed by atoms with E-state index in [1.165, 1.54) is 0 Å². The van der Waals surface area contributed by atoms with Crippen LogP contribution in [0.15, 0.2) is 18.2 Å². The minimum absolute atomic E-state index is 0.0622. The third kappa shape index (κ3) is 4.92. The van der Waals surface area contributed by atoms with Crippen molar-refractivity contribution in [2.45, 2.75) is 19.0 Å². The number of halogens is 4. The number of ketones is 1. The first-order valence-corrected chi connectivity index (χ1v) is 7.64. The second-order valence-electron chi connectivity index (χ2n) is 4.35. The highest BCUT2D eigenvalue weighted by atomic mass is 32.2. The van der Waals surface area contributed by atoms with Crippen LogP contribution < -0.4 is 0 Å². The average Bonchev–Trinajstić information content (AvgIpc) is 2.25. The Hall–Kier alpha value is -1.44. The largest absolute Gasteiger partial charge is 0.416 e. The number of rotatable bonds is 5. The molecule has 0 aromatic heterocycles. The normalized spacial score (nSPS) is 12.4. The van der Waals surface area contributed by atoms with Crippen LogP contribution in [0.2, 0.25) is 0 Å². The van der Waals surface area contributed by atoms with Crippen molar-refractivity contribution in [3.8, 4) is 0 Å². The molecule has 1 rings (SSSR count). The molecule has 0 saturated carbocycles. The molecule has 0 N–H and O–H groups in total. The highest BCUT2D eigenvalue weighted by Crippen LogP contribution is 2.30. The predicted molar refractivity (Wildman–Crippen MR) is 64.7 cm³/mol. The van der Waals surface area contributed by atoms with Gasteiger partial charge in [0.1, 0.15) is 15.7 Å². The molecular formula is C12H12F4O3S. The summed E-state index contributed by atoms with van der Waals surface area (Å²) in [5.74, 6) is -2.18. The van der Waals surface area contributed by atoms with E-state index in [-0.39, 0.29) is 18.6 Å². The molecule has 0 radical (unpaired) electrons. The molecule has 0 amide bonds. The summed E-state index contributed by atoms with van der Waals surface area (Å²) in [4.78, 5) is 11.6. The van der Waals surface area contributed by atoms with Gasteiger partial charge in [-0.05, 0) is 24.6 Å². The van der Waals surface area contributed by atoms with Gasteiger partial charge in [-0.15, -0.1) is 0 Å². The van der Waals surface area contributed by atoms with Crippen LogP contribution in [-0.4, -0.2) is 26.2 Å². The van der Waals surface area contributed by atoms with Gasteiger partial charge in [-0.3, -0.25) is 4.79 Å². The first-order chi connectivity index (χ1) is 9.00. The fourth-order valence-corrected chi connectivity index (χ4v) is 2.21. The number of hydrogen-bond acceptors (Lipinski definition) is 3. The number of carbonyl (C=O) groups is 1. The van der Waals surface area contributed by atoms with Crippen LogP contribution in [0.5, 0.6) is 0 Å². The second kappa shape index (κ2) is 5.90. The molecule has 0 heterocycles. The second-order valence-corrected chi connectivity index (χ2v) is 6.61. The topological polar surface area (TPSA) is 51.2 Å². The van der Waals surface area contributed by atoms with E-state index in [1.807, 2.05) is 0 Å². The van der Waals surface area contributed by atoms with Gasteiger partial charge in [-0.1, -0.05) is 0 Å². The maximum absolute atomic E-state index is 13.4. The summed E-state index contributed by atoms with van der Waals surface area (Å²) in [7, 11) is -3.27. The molecule has 0 unspecified atom stereocenters. The summed E-state index contributed by atoms with van der Waals surface area (Å²) in [6.07, 6.45) is -4.09. The molecule has 112 valence electrons. The summed E-state index contributed by atoms with van der Waals surface area (Å²) in [5, 5.41) is 0. The third-order valence-electron chi connectivity index (χ3n) is 2.51. The van der Waals surface area contributed by atoms with E-state index in [1.54, 1.807) is 0 Å². The third-order valence-corrected chi connectivity index (χ3v) is 3.54. The van der Waals surface area contributed by atoms with Crippen LogP contribution >= 0.6 is 0 Å². The van der Waals surface area contributed by atoms with E-state index in [0.717, 1.165) is 6.26 Å². The number of alkyl halides is 3. The van der Waals surface area contributed by atoms with Crippen molar-refractivity contribution in [1.82, 2.24) is 0 Å². The lowest BCUT2D eigenvalue weighted by molar-refractivity contribution is -0.137. The van der Waals surface area contributed by atoms with E-state index in [4.69, 9.17) is 0 Å². The lowest BCUT2D eigenvalue weighted by Gasteiger charge is -2.09. The molecule has 8 heteroatoms. The van der Waals surface area contributed by atoms with Gasteiger partial charge in [-0.25, -0.2) is 12.8 Å². The number of Topliss-reactive ketones (excluding diaryl/α,β-unsaturated/α-hetero) is 1. The monoisotopic (exact) mass is 312 g/mol. The first-order valence-electron chi connectivity index (χ1n) is 5.58. The zero-order chi connectivity index (χ0) is 15.6. The van der Waals surface area contributed by atoms with Crippen molar-refractivity contribution in [2.75, 3.05) is 12.0 Å². The van der Waals surface area contributed by atoms with Crippen molar-refractivity contribution in [1.29, 1.82) is 0 Å². The molecule has 0 bridgehead atoms. The van der Waals surface area contributed by atoms with E-state index < -0.39 is 38.7 Å². The molecule has 1 aromatic rings. The molecule has 0 aliphatic heterocycles. The molecule has 0 saturated heterocycles. The van der Waals surface area contributed by atoms with E-state index in [0.29, 0.717) is 18.2 Å². The van der Waals surface area contributed by atoms with Gasteiger partial charge < -0.3 is 0 Å². The zero-order valence-corrected chi connectivity index (χ0v) is 11.3. The smallest absolute Gasteiger partial charge is 0.294 e. The summed E-state index contributed by atoms with van der Waals surface area (Å²) >= 11 is 0. The van der Waals surface area contributed by atoms with Crippen molar-refractivity contribution in [3.63, 3.8) is 0 Å². The Balaban J connectivity index is 2.87. The van der Waals surface area contributed by atoms with Crippen LogP contribution in [0.1, 0.15) is 28.8 Å². The number of benzene rings is 1. The Bertz CT molecular complexity index is 606. The van der Waals surface area contributed by atoms with Crippen LogP contribution in [-0.2, 0) is 16.0 Å². The first kappa shape index (κ1) is 16.6. The van der Waals surface area contributed by atoms with E-state index >= 15 is 0 Å². The van der Waals surface area contributed by atoms with Gasteiger partial charge >= 0.3 is 6.18 Å². The number of carbonyl (C=O) groups excluding carboxylic acids is 1. The molecule has 1 aromatic carbocycles. The van der Waals surface area contributed by atoms with E-state index in [9.17, 15) is 30.8 Å². The number of sulfone groups is 1. The molecule has 0 aliphatic carbocycles.